The number of fused-ring (bicyclic) bond motifs is 3. The summed E-state index contributed by atoms with van der Waals surface area (Å²) < 4.78 is 0. The van der Waals surface area contributed by atoms with Gasteiger partial charge in [-0.2, -0.15) is 0 Å². The van der Waals surface area contributed by atoms with Crippen LogP contribution < -0.4 is 11.1 Å². The van der Waals surface area contributed by atoms with Crippen LogP contribution in [0.1, 0.15) is 37.8 Å². The van der Waals surface area contributed by atoms with E-state index in [2.05, 4.69) is 34.6 Å². The number of likely N-dealkylation sites (tertiary alicyclic amines) is 1. The molecule has 1 saturated heterocycles. The Morgan fingerprint density at radius 3 is 2.62 bits per heavy atom. The first-order chi connectivity index (χ1) is 16.3. The van der Waals surface area contributed by atoms with E-state index < -0.39 is 11.6 Å². The van der Waals surface area contributed by atoms with E-state index in [1.165, 1.54) is 10.5 Å². The number of para-hydroxylation sites is 1. The number of aromatic amines is 1. The number of nitrogens with one attached hydrogen (secondary N) is 2. The lowest BCUT2D eigenvalue weighted by atomic mass is 9.74. The van der Waals surface area contributed by atoms with E-state index in [-0.39, 0.29) is 17.2 Å². The molecule has 3 aromatic rings. The molecule has 34 heavy (non-hydrogen) atoms. The second-order valence-electron chi connectivity index (χ2n) is 10.2. The summed E-state index contributed by atoms with van der Waals surface area (Å²) in [6, 6.07) is 16.0. The predicted octanol–water partition coefficient (Wildman–Crippen LogP) is 3.60. The van der Waals surface area contributed by atoms with E-state index in [9.17, 15) is 9.59 Å². The highest BCUT2D eigenvalue weighted by Crippen LogP contribution is 2.49. The van der Waals surface area contributed by atoms with Gasteiger partial charge in [0.25, 0.3) is 0 Å². The molecule has 4 N–H and O–H groups in total. The summed E-state index contributed by atoms with van der Waals surface area (Å²) in [5, 5.41) is 4.03. The van der Waals surface area contributed by atoms with E-state index in [4.69, 9.17) is 5.73 Å². The fourth-order valence-electron chi connectivity index (χ4n) is 5.18. The van der Waals surface area contributed by atoms with Crippen molar-refractivity contribution in [3.63, 3.8) is 0 Å². The van der Waals surface area contributed by atoms with Gasteiger partial charge in [0.15, 0.2) is 0 Å². The summed E-state index contributed by atoms with van der Waals surface area (Å²) in [7, 11) is 0. The minimum absolute atomic E-state index is 0.0309. The Bertz CT molecular complexity index is 1220. The standard InChI is InChI=1S/C27H32N4O2S/c1-26(2,28)25(33)30-22(15-18-16-29-21-9-5-3-7-19(18)21)24(32)31-13-11-27(12-14-31)17-34-23-10-6-4-8-20(23)27/h3-10,16,22,29H,11-15,17,28H2,1-2H3,(H,30,33)/t22-/m1/s1. The molecule has 6 nitrogen and oxygen atoms in total. The molecule has 1 aromatic heterocycles. The first kappa shape index (κ1) is 23.0. The van der Waals surface area contributed by atoms with Gasteiger partial charge in [0.05, 0.1) is 5.54 Å². The van der Waals surface area contributed by atoms with Crippen molar-refractivity contribution >= 4 is 34.5 Å². The van der Waals surface area contributed by atoms with Crippen LogP contribution >= 0.6 is 11.8 Å². The van der Waals surface area contributed by atoms with E-state index >= 15 is 0 Å². The van der Waals surface area contributed by atoms with Crippen LogP contribution in [-0.4, -0.2) is 52.1 Å². The fraction of sp³-hybridized carbons (Fsp3) is 0.407. The molecule has 1 atom stereocenters. The van der Waals surface area contributed by atoms with Crippen molar-refractivity contribution in [1.29, 1.82) is 0 Å². The Hall–Kier alpha value is -2.77. The number of nitrogens with zero attached hydrogens (tertiary/aromatic N) is 1. The largest absolute Gasteiger partial charge is 0.361 e. The third-order valence-corrected chi connectivity index (χ3v) is 8.65. The Labute approximate surface area is 204 Å². The predicted molar refractivity (Wildman–Crippen MR) is 137 cm³/mol. The van der Waals surface area contributed by atoms with Crippen molar-refractivity contribution in [3.8, 4) is 0 Å². The molecule has 5 rings (SSSR count). The highest BCUT2D eigenvalue weighted by molar-refractivity contribution is 7.99. The van der Waals surface area contributed by atoms with Crippen molar-refractivity contribution in [2.24, 2.45) is 5.73 Å². The molecule has 0 saturated carbocycles. The number of hydrogen-bond donors (Lipinski definition) is 3. The molecule has 0 unspecified atom stereocenters. The molecule has 2 aliphatic rings. The second-order valence-corrected chi connectivity index (χ2v) is 11.2. The monoisotopic (exact) mass is 476 g/mol. The van der Waals surface area contributed by atoms with Crippen LogP contribution in [0, 0.1) is 0 Å². The lowest BCUT2D eigenvalue weighted by Gasteiger charge is -2.41. The molecule has 0 radical (unpaired) electrons. The fourth-order valence-corrected chi connectivity index (χ4v) is 6.67. The molecule has 0 aliphatic carbocycles. The molecule has 2 aliphatic heterocycles. The minimum atomic E-state index is -1.06. The number of thioether (sulfide) groups is 1. The van der Waals surface area contributed by atoms with E-state index in [1.54, 1.807) is 13.8 Å². The number of benzene rings is 2. The number of nitrogens with two attached hydrogens (primary N) is 1. The molecule has 0 bridgehead atoms. The van der Waals surface area contributed by atoms with Gasteiger partial charge in [-0.05, 0) is 49.9 Å². The smallest absolute Gasteiger partial charge is 0.245 e. The summed E-state index contributed by atoms with van der Waals surface area (Å²) >= 11 is 1.93. The van der Waals surface area contributed by atoms with Gasteiger partial charge in [0.1, 0.15) is 6.04 Å². The molecule has 2 aromatic carbocycles. The second kappa shape index (κ2) is 8.78. The third kappa shape index (κ3) is 4.23. The minimum Gasteiger partial charge on any atom is -0.361 e. The van der Waals surface area contributed by atoms with Crippen LogP contribution in [0.2, 0.25) is 0 Å². The lowest BCUT2D eigenvalue weighted by molar-refractivity contribution is -0.138. The molecule has 178 valence electrons. The van der Waals surface area contributed by atoms with Crippen LogP contribution in [-0.2, 0) is 21.4 Å². The SMILES string of the molecule is CC(C)(N)C(=O)N[C@H](Cc1c[nH]c2ccccc12)C(=O)N1CCC2(CC1)CSc1ccccc12. The van der Waals surface area contributed by atoms with Crippen LogP contribution in [0.3, 0.4) is 0 Å². The Kier molecular flexibility index (Phi) is 5.94. The van der Waals surface area contributed by atoms with Gasteiger partial charge in [-0.3, -0.25) is 9.59 Å². The van der Waals surface area contributed by atoms with Crippen LogP contribution in [0.4, 0.5) is 0 Å². The first-order valence-corrected chi connectivity index (χ1v) is 12.9. The molecule has 2 amide bonds. The molecular weight excluding hydrogens is 444 g/mol. The maximum atomic E-state index is 13.7. The van der Waals surface area contributed by atoms with Crippen molar-refractivity contribution < 1.29 is 9.59 Å². The average Bonchev–Trinajstić information content (AvgIpc) is 3.40. The van der Waals surface area contributed by atoms with Crippen LogP contribution in [0.25, 0.3) is 10.9 Å². The van der Waals surface area contributed by atoms with Crippen molar-refractivity contribution in [3.05, 3.63) is 65.9 Å². The maximum Gasteiger partial charge on any atom is 0.245 e. The maximum absolute atomic E-state index is 13.7. The van der Waals surface area contributed by atoms with Gasteiger partial charge in [-0.25, -0.2) is 0 Å². The lowest BCUT2D eigenvalue weighted by Crippen LogP contribution is -2.58. The Morgan fingerprint density at radius 1 is 1.15 bits per heavy atom. The molecule has 1 fully saturated rings. The number of carbonyl (C=O) groups excluding carboxylic acids is 2. The summed E-state index contributed by atoms with van der Waals surface area (Å²) in [6.45, 7) is 4.71. The Morgan fingerprint density at radius 2 is 1.85 bits per heavy atom. The van der Waals surface area contributed by atoms with E-state index in [0.29, 0.717) is 19.5 Å². The van der Waals surface area contributed by atoms with Gasteiger partial charge in [-0.1, -0.05) is 36.4 Å². The number of aromatic nitrogens is 1. The number of piperidine rings is 1. The van der Waals surface area contributed by atoms with Gasteiger partial charge in [-0.15, -0.1) is 11.8 Å². The van der Waals surface area contributed by atoms with Gasteiger partial charge < -0.3 is 20.9 Å². The summed E-state index contributed by atoms with van der Waals surface area (Å²) in [4.78, 5) is 33.1. The number of carbonyl (C=O) groups is 2. The molecule has 3 heterocycles. The van der Waals surface area contributed by atoms with Gasteiger partial charge in [0.2, 0.25) is 11.8 Å². The van der Waals surface area contributed by atoms with Crippen molar-refractivity contribution in [2.45, 2.75) is 55.0 Å². The number of H-pyrrole nitrogens is 1. The third-order valence-electron chi connectivity index (χ3n) is 7.28. The zero-order valence-corrected chi connectivity index (χ0v) is 20.6. The normalized spacial score (nSPS) is 18.1. The van der Waals surface area contributed by atoms with Crippen molar-refractivity contribution in [1.82, 2.24) is 15.2 Å². The summed E-state index contributed by atoms with van der Waals surface area (Å²) in [5.74, 6) is 0.725. The number of hydrogen-bond acceptors (Lipinski definition) is 4. The van der Waals surface area contributed by atoms with Crippen LogP contribution in [0.5, 0.6) is 0 Å². The Balaban J connectivity index is 1.35. The zero-order valence-electron chi connectivity index (χ0n) is 19.8. The quantitative estimate of drug-likeness (QED) is 0.525. The summed E-state index contributed by atoms with van der Waals surface area (Å²) in [6.07, 6.45) is 4.24. The molecule has 1 spiro atoms. The topological polar surface area (TPSA) is 91.2 Å². The number of amides is 2. The molecular formula is C27H32N4O2S. The van der Waals surface area contributed by atoms with Gasteiger partial charge in [0, 0.05) is 52.7 Å². The van der Waals surface area contributed by atoms with E-state index in [0.717, 1.165) is 35.1 Å². The average molecular weight is 477 g/mol. The zero-order chi connectivity index (χ0) is 23.9. The highest BCUT2D eigenvalue weighted by Gasteiger charge is 2.43. The van der Waals surface area contributed by atoms with Crippen LogP contribution in [0.15, 0.2) is 59.6 Å². The summed E-state index contributed by atoms with van der Waals surface area (Å²) in [5.41, 5.74) is 8.60. The van der Waals surface area contributed by atoms with Crippen molar-refractivity contribution in [2.75, 3.05) is 18.8 Å². The highest BCUT2D eigenvalue weighted by atomic mass is 32.2. The molecule has 7 heteroatoms. The first-order valence-electron chi connectivity index (χ1n) is 11.9. The van der Waals surface area contributed by atoms with E-state index in [1.807, 2.05) is 47.1 Å². The van der Waals surface area contributed by atoms with Gasteiger partial charge >= 0.3 is 0 Å². The number of rotatable bonds is 5.